The van der Waals surface area contributed by atoms with E-state index >= 15 is 0 Å². The molecule has 2 heterocycles. The number of nitrogens with zero attached hydrogens (tertiary/aromatic N) is 3. The van der Waals surface area contributed by atoms with E-state index < -0.39 is 11.6 Å². The number of aryl methyl sites for hydroxylation is 1. The van der Waals surface area contributed by atoms with Crippen molar-refractivity contribution in [3.8, 4) is 11.3 Å². The van der Waals surface area contributed by atoms with E-state index in [1.165, 1.54) is 11.6 Å². The molecule has 3 aromatic rings. The van der Waals surface area contributed by atoms with E-state index in [-0.39, 0.29) is 0 Å². The first-order valence-electron chi connectivity index (χ1n) is 8.15. The van der Waals surface area contributed by atoms with E-state index in [0.29, 0.717) is 30.2 Å². The van der Waals surface area contributed by atoms with Gasteiger partial charge in [-0.15, -0.1) is 0 Å². The lowest BCUT2D eigenvalue weighted by atomic mass is 10.1. The van der Waals surface area contributed by atoms with Gasteiger partial charge in [0.15, 0.2) is 11.6 Å². The van der Waals surface area contributed by atoms with Gasteiger partial charge in [0.25, 0.3) is 0 Å². The molecule has 0 aliphatic carbocycles. The van der Waals surface area contributed by atoms with E-state index in [1.807, 2.05) is 4.57 Å². The molecule has 0 saturated heterocycles. The average Bonchev–Trinajstić information content (AvgIpc) is 2.94. The fourth-order valence-corrected chi connectivity index (χ4v) is 3.19. The molecule has 0 atom stereocenters. The van der Waals surface area contributed by atoms with Crippen LogP contribution in [0.25, 0.3) is 11.3 Å². The lowest BCUT2D eigenvalue weighted by Gasteiger charge is -2.30. The molecule has 25 heavy (non-hydrogen) atoms. The third-order valence-corrected chi connectivity index (χ3v) is 4.60. The zero-order chi connectivity index (χ0) is 17.6. The van der Waals surface area contributed by atoms with Crippen molar-refractivity contribution in [3.05, 3.63) is 65.5 Å². The Bertz CT molecular complexity index is 931. The molecule has 128 valence electrons. The lowest BCUT2D eigenvalue weighted by molar-refractivity contribution is 0.509. The number of imidazole rings is 1. The van der Waals surface area contributed by atoms with Gasteiger partial charge in [0.05, 0.1) is 6.54 Å². The van der Waals surface area contributed by atoms with Gasteiger partial charge in [-0.2, -0.15) is 0 Å². The van der Waals surface area contributed by atoms with Crippen LogP contribution < -0.4 is 10.6 Å². The molecule has 0 bridgehead atoms. The van der Waals surface area contributed by atoms with Gasteiger partial charge in [-0.25, -0.2) is 13.8 Å². The molecule has 0 saturated carbocycles. The number of hydrogen-bond acceptors (Lipinski definition) is 3. The Kier molecular flexibility index (Phi) is 3.67. The quantitative estimate of drug-likeness (QED) is 0.773. The van der Waals surface area contributed by atoms with E-state index in [4.69, 9.17) is 5.73 Å². The molecule has 1 aromatic heterocycles. The van der Waals surface area contributed by atoms with Crippen molar-refractivity contribution < 1.29 is 8.78 Å². The zero-order valence-electron chi connectivity index (χ0n) is 13.8. The summed E-state index contributed by atoms with van der Waals surface area (Å²) in [5, 5.41) is 0. The van der Waals surface area contributed by atoms with E-state index in [0.717, 1.165) is 30.2 Å². The fourth-order valence-electron chi connectivity index (χ4n) is 3.19. The predicted octanol–water partition coefficient (Wildman–Crippen LogP) is 3.74. The van der Waals surface area contributed by atoms with Gasteiger partial charge in [-0.1, -0.05) is 17.7 Å². The van der Waals surface area contributed by atoms with Crippen LogP contribution in [0, 0.1) is 18.6 Å². The van der Waals surface area contributed by atoms with Crippen LogP contribution in [0.5, 0.6) is 0 Å². The topological polar surface area (TPSA) is 47.1 Å². The number of anilines is 2. The van der Waals surface area contributed by atoms with E-state index in [9.17, 15) is 8.78 Å². The van der Waals surface area contributed by atoms with Gasteiger partial charge in [0.2, 0.25) is 0 Å². The molecule has 1 aliphatic heterocycles. The van der Waals surface area contributed by atoms with Crippen LogP contribution in [0.15, 0.2) is 42.5 Å². The monoisotopic (exact) mass is 340 g/mol. The minimum absolute atomic E-state index is 0.486. The number of halogens is 2. The van der Waals surface area contributed by atoms with E-state index in [1.54, 1.807) is 0 Å². The SMILES string of the molecule is Cc1ccc(N2CCn3c(nc(-c4ccc(F)c(F)c4)c3N)C2)cc1. The third kappa shape index (κ3) is 2.73. The van der Waals surface area contributed by atoms with Gasteiger partial charge in [-0.05, 0) is 37.3 Å². The Hall–Kier alpha value is -2.89. The minimum atomic E-state index is -0.899. The summed E-state index contributed by atoms with van der Waals surface area (Å²) in [5.74, 6) is -0.463. The Morgan fingerprint density at radius 1 is 1.00 bits per heavy atom. The second-order valence-corrected chi connectivity index (χ2v) is 6.30. The molecule has 6 heteroatoms. The second kappa shape index (κ2) is 5.88. The Morgan fingerprint density at radius 3 is 2.48 bits per heavy atom. The summed E-state index contributed by atoms with van der Waals surface area (Å²) in [6.07, 6.45) is 0. The normalized spacial score (nSPS) is 13.8. The average molecular weight is 340 g/mol. The van der Waals surface area contributed by atoms with Crippen molar-refractivity contribution in [3.63, 3.8) is 0 Å². The van der Waals surface area contributed by atoms with Crippen LogP contribution in [0.1, 0.15) is 11.4 Å². The minimum Gasteiger partial charge on any atom is -0.383 e. The molecule has 2 N–H and O–H groups in total. The van der Waals surface area contributed by atoms with Crippen molar-refractivity contribution in [1.82, 2.24) is 9.55 Å². The molecular formula is C19H18F2N4. The number of hydrogen-bond donors (Lipinski definition) is 1. The Balaban J connectivity index is 1.67. The van der Waals surface area contributed by atoms with Crippen LogP contribution >= 0.6 is 0 Å². The highest BCUT2D eigenvalue weighted by Gasteiger charge is 2.23. The molecule has 0 radical (unpaired) electrons. The number of nitrogen functional groups attached to an aromatic ring is 1. The summed E-state index contributed by atoms with van der Waals surface area (Å²) in [7, 11) is 0. The first-order chi connectivity index (χ1) is 12.0. The third-order valence-electron chi connectivity index (χ3n) is 4.60. The summed E-state index contributed by atoms with van der Waals surface area (Å²) >= 11 is 0. The number of benzene rings is 2. The van der Waals surface area contributed by atoms with Gasteiger partial charge in [0.1, 0.15) is 17.3 Å². The summed E-state index contributed by atoms with van der Waals surface area (Å²) in [4.78, 5) is 6.82. The van der Waals surface area contributed by atoms with Crippen molar-refractivity contribution >= 4 is 11.5 Å². The molecule has 1 aliphatic rings. The summed E-state index contributed by atoms with van der Waals surface area (Å²) in [6, 6.07) is 12.1. The predicted molar refractivity (Wildman–Crippen MR) is 94.2 cm³/mol. The highest BCUT2D eigenvalue weighted by atomic mass is 19.2. The van der Waals surface area contributed by atoms with Crippen LogP contribution in [0.3, 0.4) is 0 Å². The Morgan fingerprint density at radius 2 is 1.76 bits per heavy atom. The molecule has 0 spiro atoms. The summed E-state index contributed by atoms with van der Waals surface area (Å²) in [5.41, 5.74) is 9.55. The number of nitrogens with two attached hydrogens (primary N) is 1. The maximum Gasteiger partial charge on any atom is 0.159 e. The molecule has 4 nitrogen and oxygen atoms in total. The molecule has 0 fully saturated rings. The van der Waals surface area contributed by atoms with Gasteiger partial charge >= 0.3 is 0 Å². The van der Waals surface area contributed by atoms with Gasteiger partial charge in [-0.3, -0.25) is 0 Å². The molecular weight excluding hydrogens is 322 g/mol. The molecule has 4 rings (SSSR count). The molecule has 2 aromatic carbocycles. The van der Waals surface area contributed by atoms with Crippen LogP contribution in [0.2, 0.25) is 0 Å². The number of rotatable bonds is 2. The molecule has 0 unspecified atom stereocenters. The summed E-state index contributed by atoms with van der Waals surface area (Å²) in [6.45, 7) is 4.19. The number of aromatic nitrogens is 2. The van der Waals surface area contributed by atoms with Crippen LogP contribution in [0.4, 0.5) is 20.3 Å². The smallest absolute Gasteiger partial charge is 0.159 e. The number of fused-ring (bicyclic) bond motifs is 1. The van der Waals surface area contributed by atoms with Gasteiger partial charge in [0, 0.05) is 24.3 Å². The maximum absolute atomic E-state index is 13.5. The largest absolute Gasteiger partial charge is 0.383 e. The first kappa shape index (κ1) is 15.6. The van der Waals surface area contributed by atoms with Crippen LogP contribution in [-0.4, -0.2) is 16.1 Å². The first-order valence-corrected chi connectivity index (χ1v) is 8.15. The van der Waals surface area contributed by atoms with E-state index in [2.05, 4.69) is 41.1 Å². The van der Waals surface area contributed by atoms with Crippen LogP contribution in [-0.2, 0) is 13.1 Å². The van der Waals surface area contributed by atoms with Crippen molar-refractivity contribution in [1.29, 1.82) is 0 Å². The highest BCUT2D eigenvalue weighted by molar-refractivity contribution is 5.71. The van der Waals surface area contributed by atoms with Crippen molar-refractivity contribution in [2.75, 3.05) is 17.2 Å². The lowest BCUT2D eigenvalue weighted by Crippen LogP contribution is -2.34. The van der Waals surface area contributed by atoms with Gasteiger partial charge < -0.3 is 15.2 Å². The summed E-state index contributed by atoms with van der Waals surface area (Å²) < 4.78 is 28.7. The highest BCUT2D eigenvalue weighted by Crippen LogP contribution is 2.31. The fraction of sp³-hybridized carbons (Fsp3) is 0.211. The standard InChI is InChI=1S/C19H18F2N4/c1-12-2-5-14(6-3-12)24-8-9-25-17(11-24)23-18(19(25)22)13-4-7-15(20)16(21)10-13/h2-7,10H,8-9,11,22H2,1H3. The Labute approximate surface area is 144 Å². The second-order valence-electron chi connectivity index (χ2n) is 6.30. The molecule has 0 amide bonds. The van der Waals surface area contributed by atoms with Crippen molar-refractivity contribution in [2.24, 2.45) is 0 Å². The zero-order valence-corrected chi connectivity index (χ0v) is 13.8. The van der Waals surface area contributed by atoms with Crippen molar-refractivity contribution in [2.45, 2.75) is 20.0 Å². The maximum atomic E-state index is 13.5.